The third kappa shape index (κ3) is 2.76. The smallest absolute Gasteiger partial charge is 0.197 e. The summed E-state index contributed by atoms with van der Waals surface area (Å²) < 4.78 is 0. The first kappa shape index (κ1) is 15.0. The van der Waals surface area contributed by atoms with Crippen molar-refractivity contribution in [3.63, 3.8) is 0 Å². The van der Waals surface area contributed by atoms with Crippen LogP contribution < -0.4 is 0 Å². The maximum atomic E-state index is 12.7. The van der Waals surface area contributed by atoms with E-state index in [2.05, 4.69) is 0 Å². The number of hydrogen-bond donors (Lipinski definition) is 1. The lowest BCUT2D eigenvalue weighted by molar-refractivity contribution is 0.103. The second-order valence-corrected chi connectivity index (χ2v) is 5.63. The van der Waals surface area contributed by atoms with Gasteiger partial charge in [0.2, 0.25) is 0 Å². The molecule has 23 heavy (non-hydrogen) atoms. The summed E-state index contributed by atoms with van der Waals surface area (Å²) in [4.78, 5) is 12.7. The highest BCUT2D eigenvalue weighted by Crippen LogP contribution is 2.34. The zero-order valence-corrected chi connectivity index (χ0v) is 13.2. The van der Waals surface area contributed by atoms with Crippen LogP contribution in [0.25, 0.3) is 11.1 Å². The largest absolute Gasteiger partial charge is 0.507 e. The molecule has 0 unspecified atom stereocenters. The van der Waals surface area contributed by atoms with Gasteiger partial charge in [-0.25, -0.2) is 0 Å². The fourth-order valence-electron chi connectivity index (χ4n) is 2.84. The quantitative estimate of drug-likeness (QED) is 0.698. The molecule has 3 aromatic rings. The zero-order valence-electron chi connectivity index (χ0n) is 13.2. The lowest BCUT2D eigenvalue weighted by Gasteiger charge is -2.15. The molecule has 3 rings (SSSR count). The summed E-state index contributed by atoms with van der Waals surface area (Å²) in [7, 11) is 0. The van der Waals surface area contributed by atoms with Crippen molar-refractivity contribution in [1.82, 2.24) is 0 Å². The summed E-state index contributed by atoms with van der Waals surface area (Å²) in [6.45, 7) is 3.87. The predicted octanol–water partition coefficient (Wildman–Crippen LogP) is 4.91. The minimum atomic E-state index is -0.150. The Hall–Kier alpha value is -2.87. The zero-order chi connectivity index (χ0) is 16.4. The van der Waals surface area contributed by atoms with E-state index in [1.54, 1.807) is 18.2 Å². The Labute approximate surface area is 136 Å². The second kappa shape index (κ2) is 6.09. The molecule has 0 atom stereocenters. The van der Waals surface area contributed by atoms with Crippen LogP contribution in [0.2, 0.25) is 0 Å². The van der Waals surface area contributed by atoms with E-state index in [0.717, 1.165) is 22.3 Å². The van der Waals surface area contributed by atoms with Crippen LogP contribution in [0.3, 0.4) is 0 Å². The molecule has 0 radical (unpaired) electrons. The summed E-state index contributed by atoms with van der Waals surface area (Å²) in [5.41, 5.74) is 4.77. The molecule has 0 aliphatic heterocycles. The van der Waals surface area contributed by atoms with E-state index in [-0.39, 0.29) is 11.5 Å². The van der Waals surface area contributed by atoms with Crippen molar-refractivity contribution in [2.45, 2.75) is 13.8 Å². The van der Waals surface area contributed by atoms with E-state index in [1.165, 1.54) is 0 Å². The van der Waals surface area contributed by atoms with Crippen molar-refractivity contribution >= 4 is 5.78 Å². The SMILES string of the molecule is Cc1c(-c2ccccc2)cc(O)c(C(=O)c2ccccc2)c1C. The Balaban J connectivity index is 2.15. The van der Waals surface area contributed by atoms with Gasteiger partial charge in [-0.15, -0.1) is 0 Å². The number of rotatable bonds is 3. The Kier molecular flexibility index (Phi) is 3.98. The van der Waals surface area contributed by atoms with Crippen LogP contribution in [0.1, 0.15) is 27.0 Å². The average Bonchev–Trinajstić information content (AvgIpc) is 2.59. The first-order valence-corrected chi connectivity index (χ1v) is 7.58. The summed E-state index contributed by atoms with van der Waals surface area (Å²) in [6, 6.07) is 20.6. The van der Waals surface area contributed by atoms with E-state index >= 15 is 0 Å². The molecule has 114 valence electrons. The summed E-state index contributed by atoms with van der Waals surface area (Å²) in [6.07, 6.45) is 0. The molecule has 0 aromatic heterocycles. The number of ketones is 1. The van der Waals surface area contributed by atoms with Gasteiger partial charge in [-0.3, -0.25) is 4.79 Å². The number of carbonyl (C=O) groups is 1. The van der Waals surface area contributed by atoms with Crippen molar-refractivity contribution in [3.05, 3.63) is 89.0 Å². The molecule has 1 N–H and O–H groups in total. The van der Waals surface area contributed by atoms with Crippen molar-refractivity contribution in [1.29, 1.82) is 0 Å². The molecule has 0 aliphatic carbocycles. The van der Waals surface area contributed by atoms with Crippen LogP contribution >= 0.6 is 0 Å². The Morgan fingerprint density at radius 1 is 0.826 bits per heavy atom. The van der Waals surface area contributed by atoms with Gasteiger partial charge < -0.3 is 5.11 Å². The second-order valence-electron chi connectivity index (χ2n) is 5.63. The van der Waals surface area contributed by atoms with Crippen LogP contribution in [0.5, 0.6) is 5.75 Å². The van der Waals surface area contributed by atoms with Gasteiger partial charge in [0.25, 0.3) is 0 Å². The van der Waals surface area contributed by atoms with E-state index in [1.807, 2.05) is 62.4 Å². The Bertz CT molecular complexity index is 850. The van der Waals surface area contributed by atoms with Gasteiger partial charge >= 0.3 is 0 Å². The molecule has 0 aliphatic rings. The first-order valence-electron chi connectivity index (χ1n) is 7.58. The third-order valence-corrected chi connectivity index (χ3v) is 4.23. The predicted molar refractivity (Wildman–Crippen MR) is 92.9 cm³/mol. The normalized spacial score (nSPS) is 10.5. The molecule has 0 amide bonds. The summed E-state index contributed by atoms with van der Waals surface area (Å²) in [5.74, 6) is -0.121. The van der Waals surface area contributed by atoms with Gasteiger partial charge in [-0.1, -0.05) is 60.7 Å². The van der Waals surface area contributed by atoms with Crippen LogP contribution in [0, 0.1) is 13.8 Å². The highest BCUT2D eigenvalue weighted by atomic mass is 16.3. The minimum absolute atomic E-state index is 0.0285. The lowest BCUT2D eigenvalue weighted by Crippen LogP contribution is -2.06. The maximum Gasteiger partial charge on any atom is 0.197 e. The average molecular weight is 302 g/mol. The summed E-state index contributed by atoms with van der Waals surface area (Å²) in [5, 5.41) is 10.5. The Morgan fingerprint density at radius 3 is 2.00 bits per heavy atom. The molecule has 0 heterocycles. The van der Waals surface area contributed by atoms with Crippen LogP contribution in [-0.2, 0) is 0 Å². The van der Waals surface area contributed by atoms with E-state index in [0.29, 0.717) is 11.1 Å². The van der Waals surface area contributed by atoms with E-state index in [9.17, 15) is 9.90 Å². The molecular formula is C21H18O2. The van der Waals surface area contributed by atoms with Gasteiger partial charge in [-0.2, -0.15) is 0 Å². The van der Waals surface area contributed by atoms with Crippen LogP contribution in [0.15, 0.2) is 66.7 Å². The van der Waals surface area contributed by atoms with Crippen LogP contribution in [0.4, 0.5) is 0 Å². The number of phenolic OH excluding ortho intramolecular Hbond substituents is 1. The first-order chi connectivity index (χ1) is 11.1. The third-order valence-electron chi connectivity index (χ3n) is 4.23. The monoisotopic (exact) mass is 302 g/mol. The molecule has 3 aromatic carbocycles. The van der Waals surface area contributed by atoms with Gasteiger partial charge in [0.15, 0.2) is 5.78 Å². The Morgan fingerprint density at radius 2 is 1.39 bits per heavy atom. The van der Waals surface area contributed by atoms with Gasteiger partial charge in [0.1, 0.15) is 5.75 Å². The van der Waals surface area contributed by atoms with Crippen molar-refractivity contribution in [2.24, 2.45) is 0 Å². The molecule has 0 fully saturated rings. The molecular weight excluding hydrogens is 284 g/mol. The maximum absolute atomic E-state index is 12.7. The number of aromatic hydroxyl groups is 1. The van der Waals surface area contributed by atoms with E-state index in [4.69, 9.17) is 0 Å². The topological polar surface area (TPSA) is 37.3 Å². The van der Waals surface area contributed by atoms with Gasteiger partial charge in [-0.05, 0) is 42.2 Å². The molecule has 2 nitrogen and oxygen atoms in total. The van der Waals surface area contributed by atoms with Crippen molar-refractivity contribution in [3.8, 4) is 16.9 Å². The number of carbonyl (C=O) groups excluding carboxylic acids is 1. The van der Waals surface area contributed by atoms with Crippen LogP contribution in [-0.4, -0.2) is 10.9 Å². The molecule has 0 bridgehead atoms. The molecule has 0 spiro atoms. The van der Waals surface area contributed by atoms with Crippen molar-refractivity contribution in [2.75, 3.05) is 0 Å². The molecule has 2 heteroatoms. The number of phenols is 1. The highest BCUT2D eigenvalue weighted by molar-refractivity contribution is 6.12. The molecule has 0 saturated heterocycles. The standard InChI is InChI=1S/C21H18O2/c1-14-15(2)20(21(23)17-11-7-4-8-12-17)19(22)13-18(14)16-9-5-3-6-10-16/h3-13,22H,1-2H3. The highest BCUT2D eigenvalue weighted by Gasteiger charge is 2.20. The number of hydrogen-bond acceptors (Lipinski definition) is 2. The number of benzene rings is 3. The molecule has 0 saturated carbocycles. The van der Waals surface area contributed by atoms with E-state index < -0.39 is 0 Å². The minimum Gasteiger partial charge on any atom is -0.507 e. The van der Waals surface area contributed by atoms with Gasteiger partial charge in [0, 0.05) is 5.56 Å². The summed E-state index contributed by atoms with van der Waals surface area (Å²) >= 11 is 0. The van der Waals surface area contributed by atoms with Crippen molar-refractivity contribution < 1.29 is 9.90 Å². The fraction of sp³-hybridized carbons (Fsp3) is 0.0952. The lowest BCUT2D eigenvalue weighted by atomic mass is 9.89. The van der Waals surface area contributed by atoms with Gasteiger partial charge in [0.05, 0.1) is 5.56 Å². The fourth-order valence-corrected chi connectivity index (χ4v) is 2.84.